The highest BCUT2D eigenvalue weighted by atomic mass is 19.1. The van der Waals surface area contributed by atoms with Crippen LogP contribution in [0, 0.1) is 11.7 Å². The van der Waals surface area contributed by atoms with Gasteiger partial charge < -0.3 is 10.2 Å². The third kappa shape index (κ3) is 2.64. The average Bonchev–Trinajstić information content (AvgIpc) is 3.26. The SMILES string of the molecule is CC1(C(=O)NCC2CC2)CCN1C(=O)c1cccc(F)c1. The first-order chi connectivity index (χ1) is 10.0. The van der Waals surface area contributed by atoms with Gasteiger partial charge in [-0.3, -0.25) is 9.59 Å². The lowest BCUT2D eigenvalue weighted by molar-refractivity contribution is -0.137. The fourth-order valence-corrected chi connectivity index (χ4v) is 2.65. The number of halogens is 1. The Kier molecular flexibility index (Phi) is 3.43. The molecule has 3 rings (SSSR count). The van der Waals surface area contributed by atoms with Crippen molar-refractivity contribution in [3.63, 3.8) is 0 Å². The van der Waals surface area contributed by atoms with E-state index in [1.165, 1.54) is 35.9 Å². The molecule has 4 nitrogen and oxygen atoms in total. The van der Waals surface area contributed by atoms with Crippen molar-refractivity contribution in [2.45, 2.75) is 31.7 Å². The molecule has 1 saturated heterocycles. The Labute approximate surface area is 123 Å². The summed E-state index contributed by atoms with van der Waals surface area (Å²) in [7, 11) is 0. The lowest BCUT2D eigenvalue weighted by Gasteiger charge is -2.49. The van der Waals surface area contributed by atoms with E-state index in [-0.39, 0.29) is 17.4 Å². The summed E-state index contributed by atoms with van der Waals surface area (Å²) in [6, 6.07) is 5.59. The molecule has 21 heavy (non-hydrogen) atoms. The van der Waals surface area contributed by atoms with Crippen molar-refractivity contribution in [1.82, 2.24) is 10.2 Å². The van der Waals surface area contributed by atoms with Crippen molar-refractivity contribution < 1.29 is 14.0 Å². The maximum Gasteiger partial charge on any atom is 0.254 e. The van der Waals surface area contributed by atoms with Crippen molar-refractivity contribution >= 4 is 11.8 Å². The molecule has 1 heterocycles. The van der Waals surface area contributed by atoms with Gasteiger partial charge in [-0.05, 0) is 50.3 Å². The number of likely N-dealkylation sites (tertiary alicyclic amines) is 1. The zero-order valence-corrected chi connectivity index (χ0v) is 12.1. The maximum atomic E-state index is 13.2. The third-order valence-electron chi connectivity index (χ3n) is 4.47. The van der Waals surface area contributed by atoms with Crippen LogP contribution in [0.2, 0.25) is 0 Å². The second kappa shape index (κ2) is 5.13. The molecule has 1 saturated carbocycles. The second-order valence-electron chi connectivity index (χ2n) is 6.14. The Morgan fingerprint density at radius 2 is 2.19 bits per heavy atom. The van der Waals surface area contributed by atoms with Gasteiger partial charge in [-0.25, -0.2) is 4.39 Å². The number of nitrogens with zero attached hydrogens (tertiary/aromatic N) is 1. The molecule has 2 fully saturated rings. The summed E-state index contributed by atoms with van der Waals surface area (Å²) < 4.78 is 13.2. The van der Waals surface area contributed by atoms with Crippen molar-refractivity contribution in [3.8, 4) is 0 Å². The van der Waals surface area contributed by atoms with Crippen molar-refractivity contribution in [2.75, 3.05) is 13.1 Å². The Bertz CT molecular complexity index is 585. The summed E-state index contributed by atoms with van der Waals surface area (Å²) in [5, 5.41) is 2.93. The summed E-state index contributed by atoms with van der Waals surface area (Å²) >= 11 is 0. The summed E-state index contributed by atoms with van der Waals surface area (Å²) in [6.07, 6.45) is 2.98. The minimum atomic E-state index is -0.807. The molecule has 2 aliphatic rings. The number of amides is 2. The molecule has 0 bridgehead atoms. The van der Waals surface area contributed by atoms with E-state index in [1.807, 2.05) is 0 Å². The molecule has 1 aromatic rings. The minimum absolute atomic E-state index is 0.106. The van der Waals surface area contributed by atoms with E-state index < -0.39 is 11.4 Å². The van der Waals surface area contributed by atoms with Gasteiger partial charge in [0.15, 0.2) is 0 Å². The summed E-state index contributed by atoms with van der Waals surface area (Å²) in [5.41, 5.74) is -0.519. The van der Waals surface area contributed by atoms with E-state index in [0.717, 1.165) is 0 Å². The van der Waals surface area contributed by atoms with Gasteiger partial charge in [0.05, 0.1) is 0 Å². The molecule has 0 radical (unpaired) electrons. The zero-order valence-electron chi connectivity index (χ0n) is 12.1. The number of benzene rings is 1. The van der Waals surface area contributed by atoms with E-state index in [9.17, 15) is 14.0 Å². The number of hydrogen-bond donors (Lipinski definition) is 1. The molecule has 1 atom stereocenters. The molecule has 1 aliphatic carbocycles. The largest absolute Gasteiger partial charge is 0.354 e. The van der Waals surface area contributed by atoms with E-state index in [4.69, 9.17) is 0 Å². The van der Waals surface area contributed by atoms with Crippen LogP contribution in [0.3, 0.4) is 0 Å². The normalized spacial score (nSPS) is 24.4. The van der Waals surface area contributed by atoms with Gasteiger partial charge in [0.25, 0.3) is 5.91 Å². The highest BCUT2D eigenvalue weighted by Crippen LogP contribution is 2.33. The van der Waals surface area contributed by atoms with Gasteiger partial charge in [0, 0.05) is 18.7 Å². The molecule has 112 valence electrons. The predicted octanol–water partition coefficient (Wildman–Crippen LogP) is 1.96. The zero-order chi connectivity index (χ0) is 15.0. The van der Waals surface area contributed by atoms with Gasteiger partial charge in [-0.15, -0.1) is 0 Å². The van der Waals surface area contributed by atoms with Crippen LogP contribution < -0.4 is 5.32 Å². The number of carbonyl (C=O) groups is 2. The molecule has 0 aromatic heterocycles. The standard InChI is InChI=1S/C16H19FN2O2/c1-16(15(21)18-10-11-5-6-11)7-8-19(16)14(20)12-3-2-4-13(17)9-12/h2-4,9,11H,5-8,10H2,1H3,(H,18,21). The molecule has 2 amide bonds. The summed E-state index contributed by atoms with van der Waals surface area (Å²) in [5.74, 6) is -0.235. The Morgan fingerprint density at radius 1 is 1.43 bits per heavy atom. The summed E-state index contributed by atoms with van der Waals surface area (Å²) in [6.45, 7) is 3.00. The van der Waals surface area contributed by atoms with Crippen LogP contribution in [0.25, 0.3) is 0 Å². The third-order valence-corrected chi connectivity index (χ3v) is 4.47. The Hall–Kier alpha value is -1.91. The fraction of sp³-hybridized carbons (Fsp3) is 0.500. The average molecular weight is 290 g/mol. The lowest BCUT2D eigenvalue weighted by atomic mass is 9.84. The van der Waals surface area contributed by atoms with Gasteiger partial charge in [0.2, 0.25) is 5.91 Å². The highest BCUT2D eigenvalue weighted by Gasteiger charge is 2.49. The molecular weight excluding hydrogens is 271 g/mol. The van der Waals surface area contributed by atoms with Crippen molar-refractivity contribution in [2.24, 2.45) is 5.92 Å². The predicted molar refractivity (Wildman–Crippen MR) is 76.2 cm³/mol. The van der Waals surface area contributed by atoms with Crippen LogP contribution in [0.1, 0.15) is 36.5 Å². The number of nitrogens with one attached hydrogen (secondary N) is 1. The minimum Gasteiger partial charge on any atom is -0.354 e. The monoisotopic (exact) mass is 290 g/mol. The topological polar surface area (TPSA) is 49.4 Å². The number of hydrogen-bond acceptors (Lipinski definition) is 2. The van der Waals surface area contributed by atoms with Gasteiger partial charge in [0.1, 0.15) is 11.4 Å². The van der Waals surface area contributed by atoms with Crippen LogP contribution >= 0.6 is 0 Å². The summed E-state index contributed by atoms with van der Waals surface area (Å²) in [4.78, 5) is 26.3. The van der Waals surface area contributed by atoms with Crippen molar-refractivity contribution in [3.05, 3.63) is 35.6 Å². The lowest BCUT2D eigenvalue weighted by Crippen LogP contribution is -2.67. The molecule has 5 heteroatoms. The first-order valence-electron chi connectivity index (χ1n) is 7.36. The van der Waals surface area contributed by atoms with Crippen LogP contribution in [-0.2, 0) is 4.79 Å². The molecular formula is C16H19FN2O2. The molecule has 1 N–H and O–H groups in total. The van der Waals surface area contributed by atoms with Gasteiger partial charge >= 0.3 is 0 Å². The molecule has 1 aliphatic heterocycles. The Morgan fingerprint density at radius 3 is 2.76 bits per heavy atom. The van der Waals surface area contributed by atoms with Crippen LogP contribution in [0.4, 0.5) is 4.39 Å². The Balaban J connectivity index is 1.69. The van der Waals surface area contributed by atoms with E-state index in [0.29, 0.717) is 25.4 Å². The number of rotatable bonds is 4. The van der Waals surface area contributed by atoms with Crippen LogP contribution in [-0.4, -0.2) is 35.3 Å². The molecule has 1 aromatic carbocycles. The maximum absolute atomic E-state index is 13.2. The van der Waals surface area contributed by atoms with E-state index in [1.54, 1.807) is 13.0 Å². The second-order valence-corrected chi connectivity index (χ2v) is 6.14. The van der Waals surface area contributed by atoms with Gasteiger partial charge in [-0.1, -0.05) is 6.07 Å². The van der Waals surface area contributed by atoms with Crippen molar-refractivity contribution in [1.29, 1.82) is 0 Å². The van der Waals surface area contributed by atoms with E-state index >= 15 is 0 Å². The molecule has 1 unspecified atom stereocenters. The van der Waals surface area contributed by atoms with Crippen LogP contribution in [0.5, 0.6) is 0 Å². The highest BCUT2D eigenvalue weighted by molar-refractivity contribution is 6.00. The van der Waals surface area contributed by atoms with Crippen LogP contribution in [0.15, 0.2) is 24.3 Å². The van der Waals surface area contributed by atoms with Gasteiger partial charge in [-0.2, -0.15) is 0 Å². The fourth-order valence-electron chi connectivity index (χ4n) is 2.65. The first kappa shape index (κ1) is 14.0. The smallest absolute Gasteiger partial charge is 0.254 e. The first-order valence-corrected chi connectivity index (χ1v) is 7.36. The number of carbonyl (C=O) groups excluding carboxylic acids is 2. The molecule has 0 spiro atoms. The van der Waals surface area contributed by atoms with E-state index in [2.05, 4.69) is 5.32 Å². The quantitative estimate of drug-likeness (QED) is 0.921.